The molecular weight excluding hydrogens is 509 g/mol. The fraction of sp³-hybridized carbons (Fsp3) is 0.367. The Kier molecular flexibility index (Phi) is 6.07. The molecule has 1 aliphatic heterocycles. The summed E-state index contributed by atoms with van der Waals surface area (Å²) in [5.74, 6) is 1.72. The molecule has 1 saturated carbocycles. The van der Waals surface area contributed by atoms with Gasteiger partial charge in [0.15, 0.2) is 5.82 Å². The zero-order chi connectivity index (χ0) is 27.4. The fourth-order valence-corrected chi connectivity index (χ4v) is 5.98. The molecule has 0 spiro atoms. The Bertz CT molecular complexity index is 1690. The molecule has 0 unspecified atom stereocenters. The van der Waals surface area contributed by atoms with Gasteiger partial charge in [0, 0.05) is 47.4 Å². The quantitative estimate of drug-likeness (QED) is 0.318. The molecule has 2 atom stereocenters. The Balaban J connectivity index is 1.41. The first kappa shape index (κ1) is 24.8. The third kappa shape index (κ3) is 4.42. The second kappa shape index (κ2) is 9.78. The summed E-state index contributed by atoms with van der Waals surface area (Å²) >= 11 is 0. The number of halogens is 1. The summed E-state index contributed by atoms with van der Waals surface area (Å²) in [5.41, 5.74) is 11.1. The third-order valence-corrected chi connectivity index (χ3v) is 8.07. The Hall–Kier alpha value is -4.18. The zero-order valence-electron chi connectivity index (χ0n) is 22.4. The van der Waals surface area contributed by atoms with Crippen molar-refractivity contribution in [2.24, 2.45) is 11.7 Å². The first-order valence-electron chi connectivity index (χ1n) is 13.8. The number of ether oxygens (including phenoxy) is 1. The number of aromatic amines is 1. The molecule has 2 aliphatic rings. The van der Waals surface area contributed by atoms with Gasteiger partial charge in [0.25, 0.3) is 5.91 Å². The van der Waals surface area contributed by atoms with Crippen LogP contribution in [0, 0.1) is 5.92 Å². The van der Waals surface area contributed by atoms with E-state index in [0.29, 0.717) is 35.8 Å². The molecule has 4 heterocycles. The predicted molar refractivity (Wildman–Crippen MR) is 151 cm³/mol. The number of rotatable bonds is 7. The molecule has 1 aliphatic carbocycles. The van der Waals surface area contributed by atoms with Crippen LogP contribution in [0.15, 0.2) is 54.9 Å². The molecule has 40 heavy (non-hydrogen) atoms. The molecule has 1 amide bonds. The minimum absolute atomic E-state index is 0.0360. The van der Waals surface area contributed by atoms with Crippen molar-refractivity contribution in [2.75, 3.05) is 20.2 Å². The number of alkyl halides is 1. The van der Waals surface area contributed by atoms with Gasteiger partial charge in [-0.05, 0) is 49.4 Å². The van der Waals surface area contributed by atoms with E-state index >= 15 is 0 Å². The number of piperidine rings is 1. The van der Waals surface area contributed by atoms with Crippen LogP contribution in [-0.2, 0) is 13.1 Å². The number of para-hydroxylation sites is 1. The summed E-state index contributed by atoms with van der Waals surface area (Å²) in [6, 6.07) is 13.7. The number of benzene rings is 2. The Morgan fingerprint density at radius 2 is 2.02 bits per heavy atom. The maximum absolute atomic E-state index is 14.3. The lowest BCUT2D eigenvalue weighted by atomic mass is 10.0. The lowest BCUT2D eigenvalue weighted by Crippen LogP contribution is -2.50. The van der Waals surface area contributed by atoms with E-state index in [1.807, 2.05) is 6.20 Å². The van der Waals surface area contributed by atoms with E-state index in [-0.39, 0.29) is 24.9 Å². The average molecular weight is 542 g/mol. The van der Waals surface area contributed by atoms with E-state index in [2.05, 4.69) is 49.7 Å². The number of carbonyl (C=O) groups is 1. The molecule has 10 heteroatoms. The number of H-pyrrole nitrogens is 1. The van der Waals surface area contributed by atoms with Crippen molar-refractivity contribution in [1.82, 2.24) is 29.2 Å². The lowest BCUT2D eigenvalue weighted by Gasteiger charge is -2.33. The molecule has 5 aromatic rings. The summed E-state index contributed by atoms with van der Waals surface area (Å²) in [7, 11) is 1.59. The summed E-state index contributed by atoms with van der Waals surface area (Å²) in [4.78, 5) is 20.1. The molecule has 0 bridgehead atoms. The predicted octanol–water partition coefficient (Wildman–Crippen LogP) is 4.36. The van der Waals surface area contributed by atoms with Crippen LogP contribution in [0.1, 0.15) is 35.2 Å². The molecule has 0 radical (unpaired) electrons. The second-order valence-electron chi connectivity index (χ2n) is 11.1. The molecule has 1 saturated heterocycles. The highest BCUT2D eigenvalue weighted by Crippen LogP contribution is 2.38. The highest BCUT2D eigenvalue weighted by molar-refractivity contribution is 6.00. The highest BCUT2D eigenvalue weighted by Gasteiger charge is 2.31. The van der Waals surface area contributed by atoms with Gasteiger partial charge in [-0.25, -0.2) is 9.37 Å². The summed E-state index contributed by atoms with van der Waals surface area (Å²) in [6.45, 7) is 1.80. The van der Waals surface area contributed by atoms with Crippen molar-refractivity contribution in [3.05, 3.63) is 66.0 Å². The van der Waals surface area contributed by atoms with Crippen molar-refractivity contribution >= 4 is 27.8 Å². The van der Waals surface area contributed by atoms with Gasteiger partial charge in [-0.1, -0.05) is 18.2 Å². The summed E-state index contributed by atoms with van der Waals surface area (Å²) in [5, 5.41) is 8.20. The standard InChI is InChI=1S/C30H32FN7O2/c1-40-27-10-21(30(39)36-16-22(31)11-23(32)17-36)8-24-28(27)38(15-19-12-33-34-13-19)29(35-24)26-9-20-4-2-3-5-25(20)37(26)14-18-6-7-18/h2-5,8-10,12-13,18,22-23H,6-7,11,14-17,32H2,1H3,(H,33,34)/t22-,23-/m1/s1. The van der Waals surface area contributed by atoms with E-state index in [1.54, 1.807) is 25.4 Å². The van der Waals surface area contributed by atoms with E-state index in [0.717, 1.165) is 34.5 Å². The molecule has 3 aromatic heterocycles. The van der Waals surface area contributed by atoms with Gasteiger partial charge in [-0.3, -0.25) is 9.89 Å². The van der Waals surface area contributed by atoms with Gasteiger partial charge in [0.2, 0.25) is 0 Å². The van der Waals surface area contributed by atoms with Crippen molar-refractivity contribution in [2.45, 2.75) is 44.6 Å². The van der Waals surface area contributed by atoms with E-state index in [1.165, 1.54) is 23.3 Å². The summed E-state index contributed by atoms with van der Waals surface area (Å²) < 4.78 is 24.6. The maximum atomic E-state index is 14.3. The molecule has 7 rings (SSSR count). The average Bonchev–Trinajstić information content (AvgIpc) is 3.32. The van der Waals surface area contributed by atoms with Crippen molar-refractivity contribution in [1.29, 1.82) is 0 Å². The van der Waals surface area contributed by atoms with Gasteiger partial charge in [-0.15, -0.1) is 0 Å². The number of carbonyl (C=O) groups excluding carboxylic acids is 1. The first-order chi connectivity index (χ1) is 19.5. The van der Waals surface area contributed by atoms with Crippen LogP contribution < -0.4 is 10.5 Å². The van der Waals surface area contributed by atoms with Crippen LogP contribution in [0.5, 0.6) is 5.75 Å². The maximum Gasteiger partial charge on any atom is 0.254 e. The van der Waals surface area contributed by atoms with Crippen LogP contribution in [0.4, 0.5) is 4.39 Å². The number of hydrogen-bond donors (Lipinski definition) is 2. The highest BCUT2D eigenvalue weighted by atomic mass is 19.1. The van der Waals surface area contributed by atoms with Gasteiger partial charge < -0.3 is 24.5 Å². The van der Waals surface area contributed by atoms with Crippen molar-refractivity contribution in [3.63, 3.8) is 0 Å². The molecular formula is C30H32FN7O2. The molecule has 206 valence electrons. The number of nitrogens with two attached hydrogens (primary N) is 1. The van der Waals surface area contributed by atoms with Crippen LogP contribution in [0.3, 0.4) is 0 Å². The van der Waals surface area contributed by atoms with Gasteiger partial charge in [0.05, 0.1) is 37.6 Å². The van der Waals surface area contributed by atoms with Crippen molar-refractivity contribution < 1.29 is 13.9 Å². The van der Waals surface area contributed by atoms with E-state index in [9.17, 15) is 9.18 Å². The van der Waals surface area contributed by atoms with E-state index in [4.69, 9.17) is 15.5 Å². The number of amides is 1. The third-order valence-electron chi connectivity index (χ3n) is 8.07. The lowest BCUT2D eigenvalue weighted by molar-refractivity contribution is 0.0606. The zero-order valence-corrected chi connectivity index (χ0v) is 22.4. The van der Waals surface area contributed by atoms with Crippen molar-refractivity contribution in [3.8, 4) is 17.3 Å². The second-order valence-corrected chi connectivity index (χ2v) is 11.1. The first-order valence-corrected chi connectivity index (χ1v) is 13.8. The van der Waals surface area contributed by atoms with Gasteiger partial charge in [0.1, 0.15) is 17.4 Å². The Morgan fingerprint density at radius 1 is 1.18 bits per heavy atom. The van der Waals surface area contributed by atoms with Crippen LogP contribution >= 0.6 is 0 Å². The molecule has 9 nitrogen and oxygen atoms in total. The number of fused-ring (bicyclic) bond motifs is 2. The minimum Gasteiger partial charge on any atom is -0.494 e. The normalized spacial score (nSPS) is 19.5. The fourth-order valence-electron chi connectivity index (χ4n) is 5.98. The van der Waals surface area contributed by atoms with Gasteiger partial charge in [-0.2, -0.15) is 5.10 Å². The number of aromatic nitrogens is 5. The molecule has 2 fully saturated rings. The molecule has 2 aromatic carbocycles. The number of hydrogen-bond acceptors (Lipinski definition) is 5. The smallest absolute Gasteiger partial charge is 0.254 e. The van der Waals surface area contributed by atoms with Crippen LogP contribution in [-0.4, -0.2) is 67.5 Å². The van der Waals surface area contributed by atoms with Crippen LogP contribution in [0.2, 0.25) is 0 Å². The van der Waals surface area contributed by atoms with Gasteiger partial charge >= 0.3 is 0 Å². The number of likely N-dealkylation sites (tertiary alicyclic amines) is 1. The summed E-state index contributed by atoms with van der Waals surface area (Å²) in [6.07, 6.45) is 5.27. The largest absolute Gasteiger partial charge is 0.494 e. The SMILES string of the molecule is COc1cc(C(=O)N2C[C@H](N)C[C@@H](F)C2)cc2nc(-c3cc4ccccc4n3CC3CC3)n(Cc3cn[nH]c3)c12. The Morgan fingerprint density at radius 3 is 2.77 bits per heavy atom. The topological polar surface area (TPSA) is 107 Å². The molecule has 3 N–H and O–H groups in total. The number of methoxy groups -OCH3 is 1. The Labute approximate surface area is 230 Å². The number of nitrogens with one attached hydrogen (secondary N) is 1. The monoisotopic (exact) mass is 541 g/mol. The minimum atomic E-state index is -1.13. The van der Waals surface area contributed by atoms with Crippen LogP contribution in [0.25, 0.3) is 33.5 Å². The number of nitrogens with zero attached hydrogens (tertiary/aromatic N) is 5. The van der Waals surface area contributed by atoms with E-state index < -0.39 is 6.17 Å². The number of imidazole rings is 1.